The third-order valence-electron chi connectivity index (χ3n) is 7.12. The number of halogens is 2. The van der Waals surface area contributed by atoms with E-state index in [1.54, 1.807) is 49.9 Å². The topological polar surface area (TPSA) is 120 Å². The molecule has 0 saturated carbocycles. The standard InChI is InChI=1S/C29H35Cl2N5O5/c1-16-12-36(17(2)15-37)28(38)22-11-21(32-29(39)33-27-18(3)34-41-19(27)4)7-9-25(22)40-26(16)14-35(5)13-20-6-8-23(30)24(31)10-20/h6-11,16-17,26,37H,12-15H2,1-5H3,(H2,32,33,39)/t16-,17+,26-/m1/s1. The van der Waals surface area contributed by atoms with Crippen LogP contribution < -0.4 is 15.4 Å². The second kappa shape index (κ2) is 13.1. The number of fused-ring (bicyclic) bond motifs is 1. The number of aromatic nitrogens is 1. The summed E-state index contributed by atoms with van der Waals surface area (Å²) in [5.74, 6) is 0.556. The smallest absolute Gasteiger partial charge is 0.323 e. The maximum absolute atomic E-state index is 13.7. The molecule has 0 radical (unpaired) electrons. The fourth-order valence-electron chi connectivity index (χ4n) is 4.78. The second-order valence-electron chi connectivity index (χ2n) is 10.6. The van der Waals surface area contributed by atoms with Crippen molar-refractivity contribution >= 4 is 46.5 Å². The first kappa shape index (κ1) is 30.6. The van der Waals surface area contributed by atoms with Gasteiger partial charge in [-0.1, -0.05) is 41.3 Å². The molecule has 220 valence electrons. The van der Waals surface area contributed by atoms with Crippen LogP contribution in [0.1, 0.15) is 41.2 Å². The SMILES string of the molecule is Cc1noc(C)c1NC(=O)Nc1ccc2c(c1)C(=O)N([C@@H](C)CO)C[C@@H](C)[C@@H](CN(C)Cc1ccc(Cl)c(Cl)c1)O2. The number of ether oxygens (including phenoxy) is 1. The monoisotopic (exact) mass is 603 g/mol. The van der Waals surface area contributed by atoms with Gasteiger partial charge < -0.3 is 29.9 Å². The van der Waals surface area contributed by atoms with Gasteiger partial charge in [-0.3, -0.25) is 9.69 Å². The predicted molar refractivity (Wildman–Crippen MR) is 159 cm³/mol. The van der Waals surface area contributed by atoms with Gasteiger partial charge in [-0.05, 0) is 63.7 Å². The Morgan fingerprint density at radius 2 is 1.95 bits per heavy atom. The van der Waals surface area contributed by atoms with Gasteiger partial charge in [-0.2, -0.15) is 0 Å². The van der Waals surface area contributed by atoms with Crippen molar-refractivity contribution in [1.82, 2.24) is 15.0 Å². The first-order chi connectivity index (χ1) is 19.5. The number of anilines is 2. The fourth-order valence-corrected chi connectivity index (χ4v) is 5.10. The fraction of sp³-hybridized carbons (Fsp3) is 0.414. The van der Waals surface area contributed by atoms with E-state index in [4.69, 9.17) is 32.5 Å². The Bertz CT molecular complexity index is 1390. The highest BCUT2D eigenvalue weighted by atomic mass is 35.5. The number of benzene rings is 2. The van der Waals surface area contributed by atoms with E-state index in [-0.39, 0.29) is 24.5 Å². The van der Waals surface area contributed by atoms with Crippen molar-refractivity contribution in [1.29, 1.82) is 0 Å². The Morgan fingerprint density at radius 1 is 1.20 bits per heavy atom. The lowest BCUT2D eigenvalue weighted by atomic mass is 9.99. The first-order valence-electron chi connectivity index (χ1n) is 13.3. The Labute approximate surface area is 249 Å². The van der Waals surface area contributed by atoms with Gasteiger partial charge in [-0.25, -0.2) is 4.79 Å². The lowest BCUT2D eigenvalue weighted by Crippen LogP contribution is -2.49. The highest BCUT2D eigenvalue weighted by Gasteiger charge is 2.33. The number of carbonyl (C=O) groups excluding carboxylic acids is 2. The van der Waals surface area contributed by atoms with Crippen LogP contribution in [0.2, 0.25) is 10.0 Å². The molecule has 4 rings (SSSR count). The van der Waals surface area contributed by atoms with Crippen LogP contribution >= 0.6 is 23.2 Å². The predicted octanol–water partition coefficient (Wildman–Crippen LogP) is 5.59. The Balaban J connectivity index is 1.57. The number of amides is 3. The molecular formula is C29H35Cl2N5O5. The number of urea groups is 1. The molecule has 0 fully saturated rings. The van der Waals surface area contributed by atoms with Gasteiger partial charge in [-0.15, -0.1) is 0 Å². The van der Waals surface area contributed by atoms with E-state index < -0.39 is 12.1 Å². The van der Waals surface area contributed by atoms with E-state index in [0.717, 1.165) is 5.56 Å². The van der Waals surface area contributed by atoms with E-state index in [0.29, 0.717) is 63.8 Å². The third kappa shape index (κ3) is 7.32. The third-order valence-corrected chi connectivity index (χ3v) is 7.86. The Kier molecular flexibility index (Phi) is 9.80. The van der Waals surface area contributed by atoms with E-state index in [1.807, 2.05) is 26.1 Å². The van der Waals surface area contributed by atoms with Crippen LogP contribution in [-0.2, 0) is 6.54 Å². The lowest BCUT2D eigenvalue weighted by molar-refractivity contribution is 0.0341. The number of nitrogens with one attached hydrogen (secondary N) is 2. The summed E-state index contributed by atoms with van der Waals surface area (Å²) in [7, 11) is 1.99. The van der Waals surface area contributed by atoms with E-state index >= 15 is 0 Å². The minimum absolute atomic E-state index is 0.0454. The van der Waals surface area contributed by atoms with Gasteiger partial charge in [0.15, 0.2) is 5.76 Å². The minimum atomic E-state index is -0.505. The molecule has 0 aliphatic carbocycles. The number of aliphatic hydroxyl groups is 1. The molecular weight excluding hydrogens is 569 g/mol. The lowest BCUT2D eigenvalue weighted by Gasteiger charge is -2.38. The van der Waals surface area contributed by atoms with Gasteiger partial charge in [0.25, 0.3) is 5.91 Å². The zero-order chi connectivity index (χ0) is 29.8. The largest absolute Gasteiger partial charge is 0.488 e. The number of hydrogen-bond donors (Lipinski definition) is 3. The molecule has 3 N–H and O–H groups in total. The van der Waals surface area contributed by atoms with Crippen LogP contribution in [0.15, 0.2) is 40.9 Å². The summed E-state index contributed by atoms with van der Waals surface area (Å²) < 4.78 is 11.6. The van der Waals surface area contributed by atoms with Crippen LogP contribution in [0.3, 0.4) is 0 Å². The number of likely N-dealkylation sites (N-methyl/N-ethyl adjacent to an activating group) is 1. The van der Waals surface area contributed by atoms with Crippen LogP contribution in [0, 0.1) is 19.8 Å². The Morgan fingerprint density at radius 3 is 2.61 bits per heavy atom. The number of nitrogens with zero attached hydrogens (tertiary/aromatic N) is 3. The van der Waals surface area contributed by atoms with Crippen molar-refractivity contribution in [3.8, 4) is 5.75 Å². The summed E-state index contributed by atoms with van der Waals surface area (Å²) in [6.45, 7) is 8.64. The van der Waals surface area contributed by atoms with Crippen molar-refractivity contribution in [2.75, 3.05) is 37.4 Å². The molecule has 3 atom stereocenters. The summed E-state index contributed by atoms with van der Waals surface area (Å²) in [6.07, 6.45) is -0.273. The van der Waals surface area contributed by atoms with Crippen molar-refractivity contribution in [3.05, 3.63) is 69.0 Å². The molecule has 2 heterocycles. The summed E-state index contributed by atoms with van der Waals surface area (Å²) in [4.78, 5) is 30.2. The molecule has 0 bridgehead atoms. The van der Waals surface area contributed by atoms with E-state index in [2.05, 4.69) is 20.7 Å². The first-order valence-corrected chi connectivity index (χ1v) is 14.1. The molecule has 1 aromatic heterocycles. The summed E-state index contributed by atoms with van der Waals surface area (Å²) in [5, 5.41) is 20.3. The number of carbonyl (C=O) groups is 2. The van der Waals surface area contributed by atoms with Crippen LogP contribution in [0.4, 0.5) is 16.2 Å². The van der Waals surface area contributed by atoms with Crippen LogP contribution in [-0.4, -0.2) is 70.9 Å². The normalized spacial score (nSPS) is 17.9. The Hall–Kier alpha value is -3.31. The summed E-state index contributed by atoms with van der Waals surface area (Å²) in [5.41, 5.74) is 2.75. The summed E-state index contributed by atoms with van der Waals surface area (Å²) >= 11 is 12.3. The van der Waals surface area contributed by atoms with Crippen LogP contribution in [0.5, 0.6) is 5.75 Å². The maximum atomic E-state index is 13.7. The van der Waals surface area contributed by atoms with E-state index in [9.17, 15) is 14.7 Å². The average molecular weight is 605 g/mol. The molecule has 3 aromatic rings. The minimum Gasteiger partial charge on any atom is -0.488 e. The average Bonchev–Trinajstić information content (AvgIpc) is 3.24. The molecule has 0 unspecified atom stereocenters. The molecule has 2 aromatic carbocycles. The van der Waals surface area contributed by atoms with Crippen molar-refractivity contribution in [2.24, 2.45) is 5.92 Å². The molecule has 0 spiro atoms. The highest BCUT2D eigenvalue weighted by molar-refractivity contribution is 6.42. The highest BCUT2D eigenvalue weighted by Crippen LogP contribution is 2.31. The maximum Gasteiger partial charge on any atom is 0.323 e. The molecule has 1 aliphatic heterocycles. The van der Waals surface area contributed by atoms with Crippen LogP contribution in [0.25, 0.3) is 0 Å². The van der Waals surface area contributed by atoms with E-state index in [1.165, 1.54) is 0 Å². The number of aryl methyl sites for hydroxylation is 2. The molecule has 1 aliphatic rings. The number of aliphatic hydroxyl groups excluding tert-OH is 1. The van der Waals surface area contributed by atoms with Crippen molar-refractivity contribution < 1.29 is 24.0 Å². The molecule has 41 heavy (non-hydrogen) atoms. The molecule has 10 nitrogen and oxygen atoms in total. The zero-order valence-electron chi connectivity index (χ0n) is 23.7. The summed E-state index contributed by atoms with van der Waals surface area (Å²) in [6, 6.07) is 9.60. The molecule has 3 amide bonds. The van der Waals surface area contributed by atoms with Gasteiger partial charge in [0.1, 0.15) is 23.2 Å². The van der Waals surface area contributed by atoms with Gasteiger partial charge in [0.05, 0.1) is 28.3 Å². The number of hydrogen-bond acceptors (Lipinski definition) is 7. The van der Waals surface area contributed by atoms with Gasteiger partial charge >= 0.3 is 6.03 Å². The second-order valence-corrected chi connectivity index (χ2v) is 11.4. The van der Waals surface area contributed by atoms with Crippen molar-refractivity contribution in [3.63, 3.8) is 0 Å². The van der Waals surface area contributed by atoms with Gasteiger partial charge in [0.2, 0.25) is 0 Å². The quantitative estimate of drug-likeness (QED) is 0.307. The van der Waals surface area contributed by atoms with Crippen molar-refractivity contribution in [2.45, 2.75) is 46.4 Å². The molecule has 12 heteroatoms. The number of rotatable bonds is 8. The molecule has 0 saturated heterocycles. The van der Waals surface area contributed by atoms with Gasteiger partial charge in [0, 0.05) is 31.2 Å². The zero-order valence-corrected chi connectivity index (χ0v) is 25.2.